The molecule has 0 aliphatic heterocycles. The lowest BCUT2D eigenvalue weighted by molar-refractivity contribution is 0.857. The fourth-order valence-electron chi connectivity index (χ4n) is 3.19. The second-order valence-electron chi connectivity index (χ2n) is 6.74. The summed E-state index contributed by atoms with van der Waals surface area (Å²) in [4.78, 5) is 13.6. The van der Waals surface area contributed by atoms with Gasteiger partial charge in [-0.3, -0.25) is 4.98 Å². The predicted molar refractivity (Wildman–Crippen MR) is 115 cm³/mol. The molecule has 0 aliphatic rings. The van der Waals surface area contributed by atoms with Crippen LogP contribution in [-0.4, -0.2) is 21.5 Å². The van der Waals surface area contributed by atoms with Gasteiger partial charge in [0.25, 0.3) is 0 Å². The fourth-order valence-corrected chi connectivity index (χ4v) is 3.19. The molecule has 0 fully saturated rings. The first-order chi connectivity index (χ1) is 13.8. The molecule has 140 valence electrons. The number of anilines is 3. The number of aryl methyl sites for hydroxylation is 2. The summed E-state index contributed by atoms with van der Waals surface area (Å²) < 4.78 is 0. The van der Waals surface area contributed by atoms with E-state index in [1.165, 1.54) is 5.56 Å². The van der Waals surface area contributed by atoms with Crippen molar-refractivity contribution in [3.63, 3.8) is 0 Å². The van der Waals surface area contributed by atoms with E-state index in [1.54, 1.807) is 6.20 Å². The minimum absolute atomic E-state index is 0.573. The van der Waals surface area contributed by atoms with E-state index in [1.807, 2.05) is 49.4 Å². The van der Waals surface area contributed by atoms with Crippen molar-refractivity contribution in [2.75, 3.05) is 17.2 Å². The van der Waals surface area contributed by atoms with Crippen molar-refractivity contribution in [1.82, 2.24) is 15.0 Å². The van der Waals surface area contributed by atoms with Crippen LogP contribution >= 0.6 is 0 Å². The lowest BCUT2D eigenvalue weighted by atomic mass is 10.1. The van der Waals surface area contributed by atoms with Gasteiger partial charge in [-0.15, -0.1) is 0 Å². The van der Waals surface area contributed by atoms with Gasteiger partial charge in [0.1, 0.15) is 5.82 Å². The largest absolute Gasteiger partial charge is 0.370 e. The molecule has 0 spiro atoms. The second-order valence-corrected chi connectivity index (χ2v) is 6.74. The highest BCUT2D eigenvalue weighted by Crippen LogP contribution is 2.23. The number of pyridine rings is 1. The maximum absolute atomic E-state index is 4.62. The molecule has 2 N–H and O–H groups in total. The average Bonchev–Trinajstić information content (AvgIpc) is 2.72. The molecule has 2 heterocycles. The average molecular weight is 369 g/mol. The lowest BCUT2D eigenvalue weighted by Gasteiger charge is -2.11. The summed E-state index contributed by atoms with van der Waals surface area (Å²) in [6.07, 6.45) is 3.89. The molecule has 0 saturated heterocycles. The third-order valence-corrected chi connectivity index (χ3v) is 4.52. The second kappa shape index (κ2) is 8.48. The van der Waals surface area contributed by atoms with Crippen molar-refractivity contribution >= 4 is 28.4 Å². The first-order valence-electron chi connectivity index (χ1n) is 9.52. The van der Waals surface area contributed by atoms with Crippen LogP contribution in [0.2, 0.25) is 0 Å². The van der Waals surface area contributed by atoms with Crippen LogP contribution < -0.4 is 10.6 Å². The molecule has 4 rings (SSSR count). The van der Waals surface area contributed by atoms with Crippen LogP contribution in [0.5, 0.6) is 0 Å². The Hall–Kier alpha value is -3.47. The van der Waals surface area contributed by atoms with Crippen molar-refractivity contribution in [2.24, 2.45) is 0 Å². The lowest BCUT2D eigenvalue weighted by Crippen LogP contribution is -2.07. The van der Waals surface area contributed by atoms with Gasteiger partial charge in [-0.1, -0.05) is 48.5 Å². The molecule has 28 heavy (non-hydrogen) atoms. The van der Waals surface area contributed by atoms with E-state index >= 15 is 0 Å². The van der Waals surface area contributed by atoms with Gasteiger partial charge in [0.15, 0.2) is 0 Å². The summed E-state index contributed by atoms with van der Waals surface area (Å²) in [5.41, 5.74) is 4.08. The molecular weight excluding hydrogens is 346 g/mol. The van der Waals surface area contributed by atoms with E-state index in [-0.39, 0.29) is 0 Å². The summed E-state index contributed by atoms with van der Waals surface area (Å²) in [5.74, 6) is 1.40. The molecule has 0 radical (unpaired) electrons. The van der Waals surface area contributed by atoms with Gasteiger partial charge < -0.3 is 10.6 Å². The van der Waals surface area contributed by atoms with E-state index in [4.69, 9.17) is 0 Å². The van der Waals surface area contributed by atoms with Crippen molar-refractivity contribution in [2.45, 2.75) is 19.8 Å². The Morgan fingerprint density at radius 3 is 2.64 bits per heavy atom. The van der Waals surface area contributed by atoms with Crippen LogP contribution in [0, 0.1) is 6.92 Å². The monoisotopic (exact) mass is 369 g/mol. The molecule has 5 heteroatoms. The molecule has 2 aromatic carbocycles. The summed E-state index contributed by atoms with van der Waals surface area (Å²) in [6.45, 7) is 2.84. The molecule has 0 unspecified atom stereocenters. The van der Waals surface area contributed by atoms with Crippen LogP contribution in [0.3, 0.4) is 0 Å². The zero-order valence-electron chi connectivity index (χ0n) is 15.9. The maximum atomic E-state index is 4.62. The van der Waals surface area contributed by atoms with Crippen LogP contribution in [-0.2, 0) is 6.42 Å². The van der Waals surface area contributed by atoms with Gasteiger partial charge >= 0.3 is 0 Å². The topological polar surface area (TPSA) is 62.7 Å². The molecule has 4 aromatic rings. The number of aromatic nitrogens is 3. The smallest absolute Gasteiger partial charge is 0.229 e. The van der Waals surface area contributed by atoms with E-state index in [2.05, 4.69) is 49.9 Å². The Kier molecular flexibility index (Phi) is 5.43. The Morgan fingerprint density at radius 1 is 0.893 bits per heavy atom. The Balaban J connectivity index is 1.43. The van der Waals surface area contributed by atoms with Crippen LogP contribution in [0.15, 0.2) is 72.9 Å². The molecule has 0 aliphatic carbocycles. The number of hydrogen-bond donors (Lipinski definition) is 2. The third-order valence-electron chi connectivity index (χ3n) is 4.52. The highest BCUT2D eigenvalue weighted by molar-refractivity contribution is 5.91. The Morgan fingerprint density at radius 2 is 1.75 bits per heavy atom. The van der Waals surface area contributed by atoms with Gasteiger partial charge in [0.2, 0.25) is 5.95 Å². The first kappa shape index (κ1) is 17.9. The zero-order valence-corrected chi connectivity index (χ0v) is 15.9. The van der Waals surface area contributed by atoms with E-state index in [0.29, 0.717) is 5.95 Å². The zero-order chi connectivity index (χ0) is 19.2. The summed E-state index contributed by atoms with van der Waals surface area (Å²) in [7, 11) is 0. The van der Waals surface area contributed by atoms with Gasteiger partial charge in [-0.2, -0.15) is 4.98 Å². The molecule has 2 aromatic heterocycles. The number of nitrogens with one attached hydrogen (secondary N) is 2. The van der Waals surface area contributed by atoms with Crippen molar-refractivity contribution in [1.29, 1.82) is 0 Å². The molecule has 0 atom stereocenters. The quantitative estimate of drug-likeness (QED) is 0.443. The van der Waals surface area contributed by atoms with Crippen molar-refractivity contribution < 1.29 is 0 Å². The van der Waals surface area contributed by atoms with Gasteiger partial charge in [0, 0.05) is 29.9 Å². The normalized spacial score (nSPS) is 10.8. The summed E-state index contributed by atoms with van der Waals surface area (Å²) in [5, 5.41) is 7.81. The minimum Gasteiger partial charge on any atom is -0.370 e. The fraction of sp³-hybridized carbons (Fsp3) is 0.174. The number of benzene rings is 2. The number of fused-ring (bicyclic) bond motifs is 1. The van der Waals surface area contributed by atoms with Gasteiger partial charge in [0.05, 0.1) is 11.2 Å². The number of nitrogens with zero attached hydrogens (tertiary/aromatic N) is 3. The third kappa shape index (κ3) is 4.43. The van der Waals surface area contributed by atoms with E-state index in [0.717, 1.165) is 47.5 Å². The Labute approximate surface area is 164 Å². The van der Waals surface area contributed by atoms with Crippen LogP contribution in [0.4, 0.5) is 17.5 Å². The summed E-state index contributed by atoms with van der Waals surface area (Å²) >= 11 is 0. The first-order valence-corrected chi connectivity index (χ1v) is 9.52. The van der Waals surface area contributed by atoms with Gasteiger partial charge in [-0.25, -0.2) is 4.98 Å². The SMILES string of the molecule is Cc1cc(NCCCc2ccccc2)nc(Nc2cccc3cccnc23)n1. The highest BCUT2D eigenvalue weighted by Gasteiger charge is 2.06. The van der Waals surface area contributed by atoms with Crippen molar-refractivity contribution in [3.05, 3.63) is 84.2 Å². The molecule has 0 bridgehead atoms. The molecule has 0 amide bonds. The van der Waals surface area contributed by atoms with Crippen LogP contribution in [0.1, 0.15) is 17.7 Å². The number of hydrogen-bond acceptors (Lipinski definition) is 5. The van der Waals surface area contributed by atoms with Gasteiger partial charge in [-0.05, 0) is 37.5 Å². The Bertz CT molecular complexity index is 1060. The van der Waals surface area contributed by atoms with Crippen molar-refractivity contribution in [3.8, 4) is 0 Å². The summed E-state index contributed by atoms with van der Waals surface area (Å²) in [6, 6.07) is 22.5. The molecule has 5 nitrogen and oxygen atoms in total. The molecule has 0 saturated carbocycles. The van der Waals surface area contributed by atoms with E-state index in [9.17, 15) is 0 Å². The van der Waals surface area contributed by atoms with Crippen LogP contribution in [0.25, 0.3) is 10.9 Å². The molecular formula is C23H23N5. The standard InChI is InChI=1S/C23H23N5/c1-17-16-21(24-14-6-10-18-8-3-2-4-9-18)28-23(26-17)27-20-13-5-11-19-12-7-15-25-22(19)20/h2-5,7-9,11-13,15-16H,6,10,14H2,1H3,(H2,24,26,27,28). The highest BCUT2D eigenvalue weighted by atomic mass is 15.1. The predicted octanol–water partition coefficient (Wildman–Crippen LogP) is 5.12. The van der Waals surface area contributed by atoms with E-state index < -0.39 is 0 Å². The number of para-hydroxylation sites is 1. The minimum atomic E-state index is 0.573. The maximum Gasteiger partial charge on any atom is 0.229 e. The number of rotatable bonds is 7.